The molecular formula is C23H26FN5O2. The van der Waals surface area contributed by atoms with Gasteiger partial charge in [-0.05, 0) is 43.7 Å². The molecule has 0 bridgehead atoms. The summed E-state index contributed by atoms with van der Waals surface area (Å²) in [5.41, 5.74) is 2.73. The number of carbonyl (C=O) groups excluding carboxylic acids is 1. The maximum atomic E-state index is 13.5. The van der Waals surface area contributed by atoms with Gasteiger partial charge in [0, 0.05) is 35.6 Å². The van der Waals surface area contributed by atoms with Crippen molar-refractivity contribution in [2.24, 2.45) is 4.99 Å². The van der Waals surface area contributed by atoms with Crippen LogP contribution in [0.25, 0.3) is 0 Å². The topological polar surface area (TPSA) is 80.5 Å². The van der Waals surface area contributed by atoms with Crippen molar-refractivity contribution in [2.45, 2.75) is 33.4 Å². The van der Waals surface area contributed by atoms with Crippen LogP contribution in [0.1, 0.15) is 35.0 Å². The molecule has 162 valence electrons. The molecule has 2 N–H and O–H groups in total. The Labute approximate surface area is 181 Å². The Morgan fingerprint density at radius 3 is 2.77 bits per heavy atom. The number of aromatic nitrogens is 2. The zero-order chi connectivity index (χ0) is 22.2. The van der Waals surface area contributed by atoms with Gasteiger partial charge in [-0.1, -0.05) is 19.1 Å². The first-order chi connectivity index (χ1) is 15.0. The van der Waals surface area contributed by atoms with Crippen molar-refractivity contribution in [1.29, 1.82) is 0 Å². The molecule has 0 unspecified atom stereocenters. The molecule has 0 aliphatic rings. The lowest BCUT2D eigenvalue weighted by Crippen LogP contribution is -2.36. The van der Waals surface area contributed by atoms with Gasteiger partial charge in [-0.3, -0.25) is 14.8 Å². The highest BCUT2D eigenvalue weighted by Gasteiger charge is 2.12. The normalized spacial score (nSPS) is 11.3. The molecule has 1 heterocycles. The fraction of sp³-hybridized carbons (Fsp3) is 0.261. The number of guanidine groups is 1. The van der Waals surface area contributed by atoms with Gasteiger partial charge >= 0.3 is 0 Å². The summed E-state index contributed by atoms with van der Waals surface area (Å²) in [6.45, 7) is 5.17. The van der Waals surface area contributed by atoms with Crippen LogP contribution in [0.15, 0.2) is 59.7 Å². The number of aliphatic imine (C=N–C) groups is 1. The van der Waals surface area contributed by atoms with E-state index in [4.69, 9.17) is 4.74 Å². The largest absolute Gasteiger partial charge is 0.497 e. The Hall–Kier alpha value is -3.68. The standard InChI is InChI=1S/C23H26FN5O2/c1-4-11-29-15-18(16(2)28-29)14-25-23(26-20-9-6-10-21(13-20)31-3)27-22(30)17-7-5-8-19(24)12-17/h5-10,12-13,15H,4,11,14H2,1-3H3,(H2,25,26,27,30). The van der Waals surface area contributed by atoms with Crippen LogP contribution >= 0.6 is 0 Å². The van der Waals surface area contributed by atoms with Gasteiger partial charge in [-0.15, -0.1) is 0 Å². The Morgan fingerprint density at radius 2 is 2.03 bits per heavy atom. The van der Waals surface area contributed by atoms with Crippen molar-refractivity contribution in [3.8, 4) is 5.75 Å². The second-order valence-electron chi connectivity index (χ2n) is 6.99. The number of methoxy groups -OCH3 is 1. The summed E-state index contributed by atoms with van der Waals surface area (Å²) in [7, 11) is 1.58. The van der Waals surface area contributed by atoms with Crippen LogP contribution in [0.3, 0.4) is 0 Å². The predicted molar refractivity (Wildman–Crippen MR) is 119 cm³/mol. The smallest absolute Gasteiger partial charge is 0.258 e. The highest BCUT2D eigenvalue weighted by Crippen LogP contribution is 2.17. The summed E-state index contributed by atoms with van der Waals surface area (Å²) >= 11 is 0. The number of carbonyl (C=O) groups is 1. The lowest BCUT2D eigenvalue weighted by molar-refractivity contribution is 0.0976. The third-order valence-corrected chi connectivity index (χ3v) is 4.56. The van der Waals surface area contributed by atoms with Gasteiger partial charge in [-0.25, -0.2) is 9.38 Å². The minimum atomic E-state index is -0.481. The Kier molecular flexibility index (Phi) is 7.37. The number of ether oxygens (including phenoxy) is 1. The third kappa shape index (κ3) is 6.15. The van der Waals surface area contributed by atoms with Crippen molar-refractivity contribution >= 4 is 17.6 Å². The summed E-state index contributed by atoms with van der Waals surface area (Å²) in [6, 6.07) is 12.8. The second-order valence-corrected chi connectivity index (χ2v) is 6.99. The quantitative estimate of drug-likeness (QED) is 0.442. The van der Waals surface area contributed by atoms with Crippen LogP contribution in [0.2, 0.25) is 0 Å². The van der Waals surface area contributed by atoms with Crippen LogP contribution in [-0.2, 0) is 13.1 Å². The van der Waals surface area contributed by atoms with E-state index in [-0.39, 0.29) is 11.5 Å². The molecule has 3 rings (SSSR count). The molecule has 0 aliphatic carbocycles. The Morgan fingerprint density at radius 1 is 1.23 bits per heavy atom. The maximum absolute atomic E-state index is 13.5. The molecule has 0 atom stereocenters. The van der Waals surface area contributed by atoms with Gasteiger partial charge in [-0.2, -0.15) is 5.10 Å². The zero-order valence-corrected chi connectivity index (χ0v) is 17.9. The third-order valence-electron chi connectivity index (χ3n) is 4.56. The number of anilines is 1. The summed E-state index contributed by atoms with van der Waals surface area (Å²) < 4.78 is 20.7. The summed E-state index contributed by atoms with van der Waals surface area (Å²) in [6.07, 6.45) is 2.94. The fourth-order valence-corrected chi connectivity index (χ4v) is 2.98. The van der Waals surface area contributed by atoms with E-state index in [2.05, 4.69) is 27.6 Å². The molecule has 8 heteroatoms. The van der Waals surface area contributed by atoms with E-state index in [9.17, 15) is 9.18 Å². The molecule has 0 spiro atoms. The Bertz CT molecular complexity index is 1080. The Balaban J connectivity index is 1.83. The number of nitrogens with zero attached hydrogens (tertiary/aromatic N) is 3. The number of amides is 1. The zero-order valence-electron chi connectivity index (χ0n) is 17.9. The average Bonchev–Trinajstić information content (AvgIpc) is 3.11. The van der Waals surface area contributed by atoms with E-state index in [0.29, 0.717) is 18.0 Å². The molecule has 7 nitrogen and oxygen atoms in total. The van der Waals surface area contributed by atoms with Gasteiger partial charge in [0.25, 0.3) is 5.91 Å². The SMILES string of the molecule is CCCn1cc(CN=C(NC(=O)c2cccc(F)c2)Nc2cccc(OC)c2)c(C)n1. The predicted octanol–water partition coefficient (Wildman–Crippen LogP) is 4.15. The van der Waals surface area contributed by atoms with E-state index in [1.807, 2.05) is 36.0 Å². The lowest BCUT2D eigenvalue weighted by Gasteiger charge is -2.13. The van der Waals surface area contributed by atoms with E-state index < -0.39 is 11.7 Å². The molecule has 1 amide bonds. The van der Waals surface area contributed by atoms with Crippen molar-refractivity contribution in [3.05, 3.63) is 77.4 Å². The van der Waals surface area contributed by atoms with E-state index >= 15 is 0 Å². The molecule has 0 saturated carbocycles. The van der Waals surface area contributed by atoms with Gasteiger partial charge < -0.3 is 10.1 Å². The monoisotopic (exact) mass is 423 g/mol. The number of benzene rings is 2. The van der Waals surface area contributed by atoms with Gasteiger partial charge in [0.2, 0.25) is 5.96 Å². The van der Waals surface area contributed by atoms with E-state index in [1.54, 1.807) is 19.2 Å². The van der Waals surface area contributed by atoms with Gasteiger partial charge in [0.15, 0.2) is 0 Å². The van der Waals surface area contributed by atoms with Crippen molar-refractivity contribution < 1.29 is 13.9 Å². The molecule has 0 aliphatic heterocycles. The molecule has 2 aromatic carbocycles. The molecule has 0 fully saturated rings. The van der Waals surface area contributed by atoms with Crippen LogP contribution in [0.4, 0.5) is 10.1 Å². The number of halogens is 1. The summed E-state index contributed by atoms with van der Waals surface area (Å²) in [4.78, 5) is 17.2. The number of nitrogens with one attached hydrogen (secondary N) is 2. The summed E-state index contributed by atoms with van der Waals surface area (Å²) in [5, 5.41) is 10.3. The van der Waals surface area contributed by atoms with Gasteiger partial charge in [0.1, 0.15) is 11.6 Å². The average molecular weight is 423 g/mol. The van der Waals surface area contributed by atoms with Gasteiger partial charge in [0.05, 0.1) is 19.3 Å². The molecular weight excluding hydrogens is 397 g/mol. The van der Waals surface area contributed by atoms with Crippen LogP contribution < -0.4 is 15.4 Å². The number of hydrogen-bond acceptors (Lipinski definition) is 4. The van der Waals surface area contributed by atoms with Crippen LogP contribution in [-0.4, -0.2) is 28.8 Å². The second kappa shape index (κ2) is 10.4. The van der Waals surface area contributed by atoms with Crippen molar-refractivity contribution in [2.75, 3.05) is 12.4 Å². The van der Waals surface area contributed by atoms with Crippen LogP contribution in [0.5, 0.6) is 5.75 Å². The molecule has 31 heavy (non-hydrogen) atoms. The molecule has 3 aromatic rings. The first-order valence-electron chi connectivity index (χ1n) is 10.0. The molecule has 0 radical (unpaired) electrons. The first kappa shape index (κ1) is 22.0. The lowest BCUT2D eigenvalue weighted by atomic mass is 10.2. The fourth-order valence-electron chi connectivity index (χ4n) is 2.98. The molecule has 0 saturated heterocycles. The number of aryl methyl sites for hydroxylation is 2. The number of rotatable bonds is 7. The van der Waals surface area contributed by atoms with Crippen LogP contribution in [0, 0.1) is 12.7 Å². The number of hydrogen-bond donors (Lipinski definition) is 2. The summed E-state index contributed by atoms with van der Waals surface area (Å²) in [5.74, 6) is -0.0412. The highest BCUT2D eigenvalue weighted by atomic mass is 19.1. The van der Waals surface area contributed by atoms with Crippen molar-refractivity contribution in [1.82, 2.24) is 15.1 Å². The maximum Gasteiger partial charge on any atom is 0.258 e. The van der Waals surface area contributed by atoms with E-state index in [0.717, 1.165) is 24.2 Å². The van der Waals surface area contributed by atoms with E-state index in [1.165, 1.54) is 18.2 Å². The minimum Gasteiger partial charge on any atom is -0.497 e. The van der Waals surface area contributed by atoms with Crippen molar-refractivity contribution in [3.63, 3.8) is 0 Å². The first-order valence-corrected chi connectivity index (χ1v) is 10.0. The minimum absolute atomic E-state index is 0.201. The molecule has 1 aromatic heterocycles. The highest BCUT2D eigenvalue weighted by molar-refractivity contribution is 6.10.